The smallest absolute Gasteiger partial charge is 0.330 e. The van der Waals surface area contributed by atoms with Gasteiger partial charge in [-0.05, 0) is 12.8 Å². The molecule has 0 radical (unpaired) electrons. The van der Waals surface area contributed by atoms with E-state index in [1.807, 2.05) is 6.92 Å². The summed E-state index contributed by atoms with van der Waals surface area (Å²) in [6.07, 6.45) is 1.33. The molecule has 0 spiro atoms. The molecule has 1 saturated heterocycles. The molecule has 88 valence electrons. The molecule has 0 amide bonds. The molecule has 0 aromatic carbocycles. The van der Waals surface area contributed by atoms with Gasteiger partial charge in [-0.1, -0.05) is 13.8 Å². The van der Waals surface area contributed by atoms with Gasteiger partial charge in [0.25, 0.3) is 5.56 Å². The van der Waals surface area contributed by atoms with Crippen LogP contribution >= 0.6 is 0 Å². The minimum atomic E-state index is -0.411. The summed E-state index contributed by atoms with van der Waals surface area (Å²) < 4.78 is 7.18. The van der Waals surface area contributed by atoms with Crippen molar-refractivity contribution in [1.82, 2.24) is 9.55 Å². The van der Waals surface area contributed by atoms with Crippen LogP contribution in [-0.4, -0.2) is 15.7 Å². The monoisotopic (exact) mass is 224 g/mol. The van der Waals surface area contributed by atoms with Gasteiger partial charge in [-0.15, -0.1) is 0 Å². The fourth-order valence-corrected chi connectivity index (χ4v) is 2.10. The van der Waals surface area contributed by atoms with Crippen molar-refractivity contribution in [3.63, 3.8) is 0 Å². The second-order valence-electron chi connectivity index (χ2n) is 4.47. The van der Waals surface area contributed by atoms with Crippen molar-refractivity contribution in [2.75, 3.05) is 0 Å². The number of hydrogen-bond acceptors (Lipinski definition) is 3. The largest absolute Gasteiger partial charge is 0.354 e. The first-order valence-corrected chi connectivity index (χ1v) is 5.47. The van der Waals surface area contributed by atoms with E-state index in [1.165, 1.54) is 16.8 Å². The van der Waals surface area contributed by atoms with Crippen LogP contribution in [-0.2, 0) is 4.74 Å². The van der Waals surface area contributed by atoms with Crippen molar-refractivity contribution >= 4 is 0 Å². The molecular formula is C11H16N2O3. The molecule has 1 aromatic rings. The zero-order chi connectivity index (χ0) is 11.9. The molecule has 0 saturated carbocycles. The average Bonchev–Trinajstić information content (AvgIpc) is 2.46. The second-order valence-corrected chi connectivity index (χ2v) is 4.47. The Morgan fingerprint density at radius 1 is 1.25 bits per heavy atom. The van der Waals surface area contributed by atoms with Gasteiger partial charge in [0, 0.05) is 18.2 Å². The highest BCUT2D eigenvalue weighted by atomic mass is 16.5. The van der Waals surface area contributed by atoms with E-state index in [2.05, 4.69) is 18.8 Å². The Morgan fingerprint density at radius 3 is 2.44 bits per heavy atom. The van der Waals surface area contributed by atoms with Crippen LogP contribution in [0.2, 0.25) is 0 Å². The molecule has 0 bridgehead atoms. The maximum Gasteiger partial charge on any atom is 0.330 e. The molecule has 1 N–H and O–H groups in total. The highest BCUT2D eigenvalue weighted by Crippen LogP contribution is 2.37. The third kappa shape index (κ3) is 1.71. The summed E-state index contributed by atoms with van der Waals surface area (Å²) in [6, 6.07) is 1.34. The SMILES string of the molecule is C[C@@H]1[C@H](C)[C@@H](C)O[C@H]1n1ccc(=O)[nH]c1=O. The van der Waals surface area contributed by atoms with Crippen LogP contribution in [0.25, 0.3) is 0 Å². The Morgan fingerprint density at radius 2 is 1.94 bits per heavy atom. The number of ether oxygens (including phenoxy) is 1. The van der Waals surface area contributed by atoms with E-state index in [-0.39, 0.29) is 23.8 Å². The molecule has 16 heavy (non-hydrogen) atoms. The normalized spacial score (nSPS) is 34.2. The highest BCUT2D eigenvalue weighted by Gasteiger charge is 2.37. The number of nitrogens with zero attached hydrogens (tertiary/aromatic N) is 1. The third-order valence-electron chi connectivity index (χ3n) is 3.50. The van der Waals surface area contributed by atoms with Crippen LogP contribution in [0.4, 0.5) is 0 Å². The first kappa shape index (κ1) is 11.1. The van der Waals surface area contributed by atoms with Crippen molar-refractivity contribution in [3.05, 3.63) is 33.1 Å². The predicted octanol–water partition coefficient (Wildman–Crippen LogP) is 0.726. The Bertz CT molecular complexity index is 490. The Kier molecular flexibility index (Phi) is 2.71. The standard InChI is InChI=1S/C11H16N2O3/c1-6-7(2)10(16-8(6)3)13-5-4-9(14)12-11(13)15/h4-8,10H,1-3H3,(H,12,14,15)/t6-,7+,8+,10+/m0/s1. The van der Waals surface area contributed by atoms with Crippen molar-refractivity contribution in [2.45, 2.75) is 33.1 Å². The van der Waals surface area contributed by atoms with E-state index < -0.39 is 5.69 Å². The van der Waals surface area contributed by atoms with Gasteiger partial charge in [0.2, 0.25) is 0 Å². The molecule has 1 aliphatic heterocycles. The summed E-state index contributed by atoms with van der Waals surface area (Å²) in [5.41, 5.74) is -0.793. The van der Waals surface area contributed by atoms with E-state index in [0.29, 0.717) is 5.92 Å². The molecule has 1 aliphatic rings. The zero-order valence-corrected chi connectivity index (χ0v) is 9.64. The predicted molar refractivity (Wildman–Crippen MR) is 59.2 cm³/mol. The fourth-order valence-electron chi connectivity index (χ4n) is 2.10. The summed E-state index contributed by atoms with van der Waals surface area (Å²) in [5.74, 6) is 0.641. The first-order chi connectivity index (χ1) is 7.50. The molecular weight excluding hydrogens is 208 g/mol. The van der Waals surface area contributed by atoms with Crippen molar-refractivity contribution in [2.24, 2.45) is 11.8 Å². The Hall–Kier alpha value is -1.36. The molecule has 1 aromatic heterocycles. The molecule has 0 aliphatic carbocycles. The summed E-state index contributed by atoms with van der Waals surface area (Å²) in [7, 11) is 0. The Labute approximate surface area is 93.1 Å². The number of aromatic amines is 1. The second kappa shape index (κ2) is 3.90. The van der Waals surface area contributed by atoms with Crippen LogP contribution in [0.3, 0.4) is 0 Å². The van der Waals surface area contributed by atoms with Crippen molar-refractivity contribution < 1.29 is 4.74 Å². The molecule has 0 unspecified atom stereocenters. The summed E-state index contributed by atoms with van der Waals surface area (Å²) in [5, 5.41) is 0. The van der Waals surface area contributed by atoms with Crippen LogP contribution in [0.1, 0.15) is 27.0 Å². The lowest BCUT2D eigenvalue weighted by Crippen LogP contribution is -2.33. The van der Waals surface area contributed by atoms with E-state index in [9.17, 15) is 9.59 Å². The van der Waals surface area contributed by atoms with E-state index in [4.69, 9.17) is 4.74 Å². The number of H-pyrrole nitrogens is 1. The zero-order valence-electron chi connectivity index (χ0n) is 9.64. The van der Waals surface area contributed by atoms with Gasteiger partial charge in [-0.25, -0.2) is 4.79 Å². The van der Waals surface area contributed by atoms with Gasteiger partial charge in [-0.2, -0.15) is 0 Å². The molecule has 5 nitrogen and oxygen atoms in total. The van der Waals surface area contributed by atoms with Gasteiger partial charge in [0.05, 0.1) is 6.10 Å². The first-order valence-electron chi connectivity index (χ1n) is 5.47. The van der Waals surface area contributed by atoms with Crippen LogP contribution in [0, 0.1) is 11.8 Å². The Balaban J connectivity index is 2.39. The lowest BCUT2D eigenvalue weighted by molar-refractivity contribution is -0.00759. The van der Waals surface area contributed by atoms with Crippen molar-refractivity contribution in [1.29, 1.82) is 0 Å². The number of rotatable bonds is 1. The molecule has 2 rings (SSSR count). The minimum absolute atomic E-state index is 0.124. The van der Waals surface area contributed by atoms with Crippen LogP contribution in [0.15, 0.2) is 21.9 Å². The number of aromatic nitrogens is 2. The van der Waals surface area contributed by atoms with Gasteiger partial charge < -0.3 is 4.74 Å². The van der Waals surface area contributed by atoms with Gasteiger partial charge >= 0.3 is 5.69 Å². The van der Waals surface area contributed by atoms with E-state index in [0.717, 1.165) is 0 Å². The lowest BCUT2D eigenvalue weighted by atomic mass is 9.93. The lowest BCUT2D eigenvalue weighted by Gasteiger charge is -2.18. The van der Waals surface area contributed by atoms with Gasteiger partial charge in [0.1, 0.15) is 6.23 Å². The summed E-state index contributed by atoms with van der Waals surface area (Å²) >= 11 is 0. The van der Waals surface area contributed by atoms with Crippen LogP contribution < -0.4 is 11.2 Å². The van der Waals surface area contributed by atoms with Crippen molar-refractivity contribution in [3.8, 4) is 0 Å². The van der Waals surface area contributed by atoms with E-state index >= 15 is 0 Å². The number of nitrogens with one attached hydrogen (secondary N) is 1. The topological polar surface area (TPSA) is 64.1 Å². The van der Waals surface area contributed by atoms with Gasteiger partial charge in [0.15, 0.2) is 0 Å². The summed E-state index contributed by atoms with van der Waals surface area (Å²) in [6.45, 7) is 6.15. The molecule has 2 heterocycles. The summed E-state index contributed by atoms with van der Waals surface area (Å²) in [4.78, 5) is 24.8. The average molecular weight is 224 g/mol. The molecule has 5 heteroatoms. The highest BCUT2D eigenvalue weighted by molar-refractivity contribution is 4.89. The fraction of sp³-hybridized carbons (Fsp3) is 0.636. The third-order valence-corrected chi connectivity index (χ3v) is 3.50. The maximum absolute atomic E-state index is 11.6. The maximum atomic E-state index is 11.6. The quantitative estimate of drug-likeness (QED) is 0.764. The van der Waals surface area contributed by atoms with E-state index in [1.54, 1.807) is 0 Å². The molecule has 4 atom stereocenters. The minimum Gasteiger partial charge on any atom is -0.354 e. The van der Waals surface area contributed by atoms with Crippen LogP contribution in [0.5, 0.6) is 0 Å². The van der Waals surface area contributed by atoms with Gasteiger partial charge in [-0.3, -0.25) is 14.3 Å². The molecule has 1 fully saturated rings. The number of hydrogen-bond donors (Lipinski definition) is 1.